The highest BCUT2D eigenvalue weighted by molar-refractivity contribution is 6.46. The summed E-state index contributed by atoms with van der Waals surface area (Å²) in [5.41, 5.74) is 2.07. The number of Topliss-reactive ketones (excluding diaryl/α,β-unsaturated/α-hetero) is 1. The second-order valence-corrected chi connectivity index (χ2v) is 9.32. The number of carbonyl (C=O) groups is 2. The molecule has 37 heavy (non-hydrogen) atoms. The van der Waals surface area contributed by atoms with Gasteiger partial charge in [0.2, 0.25) is 0 Å². The Hall–Kier alpha value is -4.53. The van der Waals surface area contributed by atoms with Crippen molar-refractivity contribution in [3.8, 4) is 5.75 Å². The predicted octanol–water partition coefficient (Wildman–Crippen LogP) is 4.95. The van der Waals surface area contributed by atoms with E-state index in [9.17, 15) is 24.8 Å². The number of ketones is 1. The molecular formula is C28H27N3O6. The van der Waals surface area contributed by atoms with Gasteiger partial charge in [-0.15, -0.1) is 0 Å². The number of benzene rings is 2. The Labute approximate surface area is 214 Å². The Bertz CT molecular complexity index is 1370. The minimum absolute atomic E-state index is 0.0673. The Balaban J connectivity index is 1.80. The third kappa shape index (κ3) is 5.35. The second kappa shape index (κ2) is 10.6. The number of aromatic nitrogens is 1. The van der Waals surface area contributed by atoms with E-state index in [0.717, 1.165) is 5.56 Å². The minimum atomic E-state index is -0.946. The van der Waals surface area contributed by atoms with Gasteiger partial charge in [0.15, 0.2) is 0 Å². The molecule has 1 N–H and O–H groups in total. The Kier molecular flexibility index (Phi) is 7.33. The molecule has 190 valence electrons. The summed E-state index contributed by atoms with van der Waals surface area (Å²) >= 11 is 0. The van der Waals surface area contributed by atoms with Gasteiger partial charge in [-0.05, 0) is 65.9 Å². The molecule has 2 aromatic carbocycles. The number of amides is 1. The average Bonchev–Trinajstić information content (AvgIpc) is 3.13. The van der Waals surface area contributed by atoms with E-state index < -0.39 is 22.7 Å². The highest BCUT2D eigenvalue weighted by Crippen LogP contribution is 2.41. The zero-order valence-electron chi connectivity index (χ0n) is 20.7. The third-order valence-electron chi connectivity index (χ3n) is 6.06. The summed E-state index contributed by atoms with van der Waals surface area (Å²) in [5, 5.41) is 22.5. The van der Waals surface area contributed by atoms with E-state index in [0.29, 0.717) is 35.0 Å². The summed E-state index contributed by atoms with van der Waals surface area (Å²) in [4.78, 5) is 42.5. The van der Waals surface area contributed by atoms with Crippen molar-refractivity contribution in [3.05, 3.63) is 105 Å². The number of non-ortho nitro benzene ring substituents is 1. The lowest BCUT2D eigenvalue weighted by atomic mass is 9.94. The van der Waals surface area contributed by atoms with Crippen LogP contribution in [0, 0.1) is 23.0 Å². The summed E-state index contributed by atoms with van der Waals surface area (Å²) in [6.07, 6.45) is 3.19. The molecule has 0 saturated carbocycles. The number of nitro benzene ring substituents is 1. The van der Waals surface area contributed by atoms with Gasteiger partial charge in [0.25, 0.3) is 17.4 Å². The van der Waals surface area contributed by atoms with Gasteiger partial charge in [-0.1, -0.05) is 19.9 Å². The predicted molar refractivity (Wildman–Crippen MR) is 137 cm³/mol. The van der Waals surface area contributed by atoms with E-state index in [1.165, 1.54) is 29.2 Å². The smallest absolute Gasteiger partial charge is 0.295 e. The SMILES string of the molecule is Cc1cc(C(O)=C2C(=O)C(=O)N(Cc3cccnc3)[C@H]2c2ccc([N+](=O)[O-])cc2)ccc1OCC(C)C. The first-order valence-electron chi connectivity index (χ1n) is 11.8. The van der Waals surface area contributed by atoms with Gasteiger partial charge in [-0.2, -0.15) is 0 Å². The first-order valence-corrected chi connectivity index (χ1v) is 11.8. The lowest BCUT2D eigenvalue weighted by Crippen LogP contribution is -2.29. The Morgan fingerprint density at radius 2 is 1.89 bits per heavy atom. The van der Waals surface area contributed by atoms with Crippen molar-refractivity contribution in [3.63, 3.8) is 0 Å². The van der Waals surface area contributed by atoms with Gasteiger partial charge in [-0.3, -0.25) is 24.7 Å². The summed E-state index contributed by atoms with van der Waals surface area (Å²) < 4.78 is 5.81. The monoisotopic (exact) mass is 501 g/mol. The second-order valence-electron chi connectivity index (χ2n) is 9.32. The number of hydrogen-bond donors (Lipinski definition) is 1. The molecule has 0 spiro atoms. The molecule has 1 fully saturated rings. The number of ether oxygens (including phenoxy) is 1. The first kappa shape index (κ1) is 25.6. The lowest BCUT2D eigenvalue weighted by Gasteiger charge is -2.25. The van der Waals surface area contributed by atoms with Gasteiger partial charge in [-0.25, -0.2) is 0 Å². The topological polar surface area (TPSA) is 123 Å². The van der Waals surface area contributed by atoms with Gasteiger partial charge in [0.05, 0.1) is 23.1 Å². The molecule has 4 rings (SSSR count). The highest BCUT2D eigenvalue weighted by atomic mass is 16.6. The molecule has 1 aromatic heterocycles. The van der Waals surface area contributed by atoms with Crippen molar-refractivity contribution in [1.29, 1.82) is 0 Å². The zero-order valence-corrected chi connectivity index (χ0v) is 20.7. The maximum atomic E-state index is 13.3. The van der Waals surface area contributed by atoms with E-state index >= 15 is 0 Å². The Morgan fingerprint density at radius 3 is 2.49 bits per heavy atom. The van der Waals surface area contributed by atoms with Gasteiger partial charge in [0.1, 0.15) is 11.5 Å². The van der Waals surface area contributed by atoms with Crippen molar-refractivity contribution in [2.45, 2.75) is 33.4 Å². The molecule has 0 bridgehead atoms. The van der Waals surface area contributed by atoms with Crippen molar-refractivity contribution in [1.82, 2.24) is 9.88 Å². The van der Waals surface area contributed by atoms with Crippen molar-refractivity contribution in [2.75, 3.05) is 6.61 Å². The number of hydrogen-bond acceptors (Lipinski definition) is 7. The molecule has 9 nitrogen and oxygen atoms in total. The van der Waals surface area contributed by atoms with Crippen molar-refractivity contribution >= 4 is 23.1 Å². The lowest BCUT2D eigenvalue weighted by molar-refractivity contribution is -0.384. The average molecular weight is 502 g/mol. The standard InChI is InChI=1S/C28H27N3O6/c1-17(2)16-37-23-11-8-21(13-18(23)3)26(32)24-25(20-6-9-22(10-7-20)31(35)36)30(28(34)27(24)33)15-19-5-4-12-29-14-19/h4-14,17,25,32H,15-16H2,1-3H3/t25-/m0/s1. The minimum Gasteiger partial charge on any atom is -0.507 e. The van der Waals surface area contributed by atoms with Gasteiger partial charge < -0.3 is 14.7 Å². The van der Waals surface area contributed by atoms with Crippen LogP contribution in [0.5, 0.6) is 5.75 Å². The van der Waals surface area contributed by atoms with Crippen LogP contribution in [0.15, 0.2) is 72.6 Å². The number of likely N-dealkylation sites (tertiary alicyclic amines) is 1. The number of aryl methyl sites for hydroxylation is 1. The molecule has 1 amide bonds. The van der Waals surface area contributed by atoms with E-state index in [-0.39, 0.29) is 23.6 Å². The molecule has 3 aromatic rings. The quantitative estimate of drug-likeness (QED) is 0.152. The largest absolute Gasteiger partial charge is 0.507 e. The van der Waals surface area contributed by atoms with E-state index in [4.69, 9.17) is 4.74 Å². The van der Waals surface area contributed by atoms with Crippen LogP contribution in [0.2, 0.25) is 0 Å². The van der Waals surface area contributed by atoms with Crippen molar-refractivity contribution < 1.29 is 24.4 Å². The number of aliphatic hydroxyl groups excluding tert-OH is 1. The Morgan fingerprint density at radius 1 is 1.16 bits per heavy atom. The number of pyridine rings is 1. The molecule has 1 aliphatic rings. The van der Waals surface area contributed by atoms with Crippen LogP contribution in [0.1, 0.15) is 42.1 Å². The summed E-state index contributed by atoms with van der Waals surface area (Å²) in [7, 11) is 0. The molecule has 1 saturated heterocycles. The molecule has 9 heteroatoms. The molecular weight excluding hydrogens is 474 g/mol. The number of aliphatic hydroxyl groups is 1. The van der Waals surface area contributed by atoms with Crippen LogP contribution in [0.4, 0.5) is 5.69 Å². The molecule has 0 radical (unpaired) electrons. The number of rotatable bonds is 8. The summed E-state index contributed by atoms with van der Waals surface area (Å²) in [6, 6.07) is 13.2. The van der Waals surface area contributed by atoms with Crippen LogP contribution >= 0.6 is 0 Å². The van der Waals surface area contributed by atoms with Gasteiger partial charge in [0, 0.05) is 36.6 Å². The van der Waals surface area contributed by atoms with E-state index in [1.54, 1.807) is 42.7 Å². The fourth-order valence-electron chi connectivity index (χ4n) is 4.23. The zero-order chi connectivity index (χ0) is 26.7. The van der Waals surface area contributed by atoms with Crippen LogP contribution < -0.4 is 4.74 Å². The number of nitro groups is 1. The molecule has 0 aliphatic carbocycles. The molecule has 0 unspecified atom stereocenters. The summed E-state index contributed by atoms with van der Waals surface area (Å²) in [5.74, 6) is -0.932. The van der Waals surface area contributed by atoms with Crippen LogP contribution in [0.25, 0.3) is 5.76 Å². The first-order chi connectivity index (χ1) is 17.7. The fourth-order valence-corrected chi connectivity index (χ4v) is 4.23. The normalized spacial score (nSPS) is 16.9. The number of carbonyl (C=O) groups excluding carboxylic acids is 2. The van der Waals surface area contributed by atoms with Crippen LogP contribution in [-0.4, -0.2) is 38.2 Å². The molecule has 1 aliphatic heterocycles. The maximum absolute atomic E-state index is 13.3. The van der Waals surface area contributed by atoms with E-state index in [1.807, 2.05) is 20.8 Å². The number of nitrogens with zero attached hydrogens (tertiary/aromatic N) is 3. The van der Waals surface area contributed by atoms with Crippen molar-refractivity contribution in [2.24, 2.45) is 5.92 Å². The van der Waals surface area contributed by atoms with E-state index in [2.05, 4.69) is 4.98 Å². The molecule has 1 atom stereocenters. The fraction of sp³-hybridized carbons (Fsp3) is 0.250. The molecule has 2 heterocycles. The van der Waals surface area contributed by atoms with Gasteiger partial charge >= 0.3 is 0 Å². The van der Waals surface area contributed by atoms with Crippen LogP contribution in [-0.2, 0) is 16.1 Å². The van der Waals surface area contributed by atoms with Crippen LogP contribution in [0.3, 0.4) is 0 Å². The highest BCUT2D eigenvalue weighted by Gasteiger charge is 2.46. The third-order valence-corrected chi connectivity index (χ3v) is 6.06. The summed E-state index contributed by atoms with van der Waals surface area (Å²) in [6.45, 7) is 6.52. The maximum Gasteiger partial charge on any atom is 0.295 e.